The predicted molar refractivity (Wildman–Crippen MR) is 73.4 cm³/mol. The Morgan fingerprint density at radius 3 is 2.84 bits per heavy atom. The first kappa shape index (κ1) is 13.6. The van der Waals surface area contributed by atoms with Gasteiger partial charge < -0.3 is 14.8 Å². The molecule has 0 bridgehead atoms. The van der Waals surface area contributed by atoms with Crippen molar-refractivity contribution in [3.63, 3.8) is 0 Å². The Labute approximate surface area is 111 Å². The molecule has 19 heavy (non-hydrogen) atoms. The third-order valence-corrected chi connectivity index (χ3v) is 3.04. The van der Waals surface area contributed by atoms with Gasteiger partial charge in [-0.1, -0.05) is 18.2 Å². The largest absolute Gasteiger partial charge is 0.478 e. The molecule has 1 heterocycles. The maximum Gasteiger partial charge on any atom is 0.339 e. The number of nitrogens with one attached hydrogen (secondary N) is 1. The van der Waals surface area contributed by atoms with E-state index in [0.29, 0.717) is 23.3 Å². The van der Waals surface area contributed by atoms with Gasteiger partial charge in [0.05, 0.1) is 6.54 Å². The third kappa shape index (κ3) is 2.94. The molecular weight excluding hydrogens is 244 g/mol. The second-order valence-corrected chi connectivity index (χ2v) is 4.54. The number of furan rings is 1. The van der Waals surface area contributed by atoms with Gasteiger partial charge in [0.15, 0.2) is 0 Å². The third-order valence-electron chi connectivity index (χ3n) is 3.04. The Kier molecular flexibility index (Phi) is 4.19. The zero-order valence-corrected chi connectivity index (χ0v) is 11.1. The number of hydrogen-bond acceptors (Lipinski definition) is 4. The minimum atomic E-state index is -0.943. The monoisotopic (exact) mass is 262 g/mol. The van der Waals surface area contributed by atoms with Gasteiger partial charge in [0, 0.05) is 18.5 Å². The lowest BCUT2D eigenvalue weighted by atomic mass is 10.1. The molecule has 0 aliphatic carbocycles. The molecule has 2 aromatic rings. The summed E-state index contributed by atoms with van der Waals surface area (Å²) in [4.78, 5) is 13.4. The number of hydrogen-bond donors (Lipinski definition) is 2. The topological polar surface area (TPSA) is 65.7 Å². The number of nitrogens with zero attached hydrogens (tertiary/aromatic N) is 1. The molecule has 2 N–H and O–H groups in total. The van der Waals surface area contributed by atoms with Gasteiger partial charge in [-0.05, 0) is 20.2 Å². The summed E-state index contributed by atoms with van der Waals surface area (Å²) in [5.74, 6) is -0.436. The summed E-state index contributed by atoms with van der Waals surface area (Å²) < 4.78 is 5.67. The number of carboxylic acids is 1. The molecule has 0 saturated carbocycles. The number of carbonyl (C=O) groups is 1. The SMILES string of the molecule is CNCCN(C)Cc1oc2ccccc2c1C(=O)O. The van der Waals surface area contributed by atoms with Crippen LogP contribution < -0.4 is 5.32 Å². The van der Waals surface area contributed by atoms with Crippen molar-refractivity contribution in [2.75, 3.05) is 27.2 Å². The summed E-state index contributed by atoms with van der Waals surface area (Å²) in [6.45, 7) is 2.16. The van der Waals surface area contributed by atoms with Gasteiger partial charge in [-0.3, -0.25) is 4.90 Å². The lowest BCUT2D eigenvalue weighted by Gasteiger charge is -2.14. The van der Waals surface area contributed by atoms with Crippen LogP contribution in [0.25, 0.3) is 11.0 Å². The molecular formula is C14H18N2O3. The Morgan fingerprint density at radius 1 is 1.42 bits per heavy atom. The normalized spacial score (nSPS) is 11.3. The van der Waals surface area contributed by atoms with Gasteiger partial charge >= 0.3 is 5.97 Å². The summed E-state index contributed by atoms with van der Waals surface area (Å²) in [6.07, 6.45) is 0. The molecule has 0 unspecified atom stereocenters. The van der Waals surface area contributed by atoms with Crippen LogP contribution in [0.15, 0.2) is 28.7 Å². The molecule has 0 aliphatic rings. The van der Waals surface area contributed by atoms with Crippen molar-refractivity contribution in [3.05, 3.63) is 35.6 Å². The molecule has 102 valence electrons. The minimum Gasteiger partial charge on any atom is -0.478 e. The summed E-state index contributed by atoms with van der Waals surface area (Å²) >= 11 is 0. The zero-order valence-electron chi connectivity index (χ0n) is 11.1. The molecule has 0 atom stereocenters. The van der Waals surface area contributed by atoms with E-state index < -0.39 is 5.97 Å². The molecule has 0 radical (unpaired) electrons. The van der Waals surface area contributed by atoms with Crippen molar-refractivity contribution < 1.29 is 14.3 Å². The van der Waals surface area contributed by atoms with E-state index >= 15 is 0 Å². The molecule has 5 nitrogen and oxygen atoms in total. The van der Waals surface area contributed by atoms with Gasteiger partial charge in [0.25, 0.3) is 0 Å². The molecule has 0 aliphatic heterocycles. The number of rotatable bonds is 6. The van der Waals surface area contributed by atoms with E-state index in [1.807, 2.05) is 31.1 Å². The highest BCUT2D eigenvalue weighted by atomic mass is 16.4. The van der Waals surface area contributed by atoms with Crippen LogP contribution in [0.5, 0.6) is 0 Å². The Hall–Kier alpha value is -1.85. The van der Waals surface area contributed by atoms with Gasteiger partial charge in [0.2, 0.25) is 0 Å². The second-order valence-electron chi connectivity index (χ2n) is 4.54. The Balaban J connectivity index is 2.31. The Morgan fingerprint density at radius 2 is 2.16 bits per heavy atom. The Bertz CT molecular complexity index is 577. The van der Waals surface area contributed by atoms with Gasteiger partial charge in [-0.25, -0.2) is 4.79 Å². The number of fused-ring (bicyclic) bond motifs is 1. The number of benzene rings is 1. The summed E-state index contributed by atoms with van der Waals surface area (Å²) in [6, 6.07) is 7.23. The summed E-state index contributed by atoms with van der Waals surface area (Å²) in [5, 5.41) is 13.1. The van der Waals surface area contributed by atoms with E-state index in [4.69, 9.17) is 4.42 Å². The van der Waals surface area contributed by atoms with Gasteiger partial charge in [0.1, 0.15) is 16.9 Å². The van der Waals surface area contributed by atoms with Crippen LogP contribution >= 0.6 is 0 Å². The lowest BCUT2D eigenvalue weighted by molar-refractivity contribution is 0.0695. The van der Waals surface area contributed by atoms with E-state index in [1.165, 1.54) is 0 Å². The van der Waals surface area contributed by atoms with Crippen molar-refractivity contribution in [1.29, 1.82) is 0 Å². The lowest BCUT2D eigenvalue weighted by Crippen LogP contribution is -2.27. The van der Waals surface area contributed by atoms with Crippen LogP contribution in [-0.4, -0.2) is 43.2 Å². The van der Waals surface area contributed by atoms with Crippen molar-refractivity contribution >= 4 is 16.9 Å². The fourth-order valence-electron chi connectivity index (χ4n) is 2.07. The highest BCUT2D eigenvalue weighted by Gasteiger charge is 2.20. The molecule has 5 heteroatoms. The molecule has 1 aromatic heterocycles. The molecule has 1 aromatic carbocycles. The highest BCUT2D eigenvalue weighted by molar-refractivity contribution is 6.03. The van der Waals surface area contributed by atoms with E-state index in [-0.39, 0.29) is 5.56 Å². The fraction of sp³-hybridized carbons (Fsp3) is 0.357. The van der Waals surface area contributed by atoms with Crippen molar-refractivity contribution in [3.8, 4) is 0 Å². The number of para-hydroxylation sites is 1. The number of carboxylic acid groups (broad SMARTS) is 1. The zero-order chi connectivity index (χ0) is 13.8. The quantitative estimate of drug-likeness (QED) is 0.830. The average Bonchev–Trinajstić information content (AvgIpc) is 2.74. The second kappa shape index (κ2) is 5.86. The number of likely N-dealkylation sites (N-methyl/N-ethyl adjacent to an activating group) is 2. The van der Waals surface area contributed by atoms with Gasteiger partial charge in [-0.15, -0.1) is 0 Å². The van der Waals surface area contributed by atoms with Crippen molar-refractivity contribution in [2.24, 2.45) is 0 Å². The van der Waals surface area contributed by atoms with Crippen molar-refractivity contribution in [1.82, 2.24) is 10.2 Å². The summed E-state index contributed by atoms with van der Waals surface area (Å²) in [7, 11) is 3.83. The van der Waals surface area contributed by atoms with Crippen LogP contribution in [0, 0.1) is 0 Å². The average molecular weight is 262 g/mol. The minimum absolute atomic E-state index is 0.270. The van der Waals surface area contributed by atoms with Crippen LogP contribution in [0.3, 0.4) is 0 Å². The standard InChI is InChI=1S/C14H18N2O3/c1-15-7-8-16(2)9-12-13(14(17)18)10-5-3-4-6-11(10)19-12/h3-6,15H,7-9H2,1-2H3,(H,17,18). The van der Waals surface area contributed by atoms with Crippen LogP contribution in [0.4, 0.5) is 0 Å². The van der Waals surface area contributed by atoms with Crippen LogP contribution in [-0.2, 0) is 6.54 Å². The highest BCUT2D eigenvalue weighted by Crippen LogP contribution is 2.26. The van der Waals surface area contributed by atoms with E-state index in [0.717, 1.165) is 13.1 Å². The predicted octanol–water partition coefficient (Wildman–Crippen LogP) is 1.78. The number of aromatic carboxylic acids is 1. The van der Waals surface area contributed by atoms with Crippen LogP contribution in [0.1, 0.15) is 16.1 Å². The molecule has 0 spiro atoms. The molecule has 2 rings (SSSR count). The maximum atomic E-state index is 11.4. The first-order chi connectivity index (χ1) is 9.13. The van der Waals surface area contributed by atoms with E-state index in [1.54, 1.807) is 12.1 Å². The fourth-order valence-corrected chi connectivity index (χ4v) is 2.07. The van der Waals surface area contributed by atoms with E-state index in [2.05, 4.69) is 5.32 Å². The summed E-state index contributed by atoms with van der Waals surface area (Å²) in [5.41, 5.74) is 0.892. The van der Waals surface area contributed by atoms with Crippen LogP contribution in [0.2, 0.25) is 0 Å². The molecule has 0 fully saturated rings. The smallest absolute Gasteiger partial charge is 0.339 e. The first-order valence-corrected chi connectivity index (χ1v) is 6.20. The van der Waals surface area contributed by atoms with Gasteiger partial charge in [-0.2, -0.15) is 0 Å². The molecule has 0 amide bonds. The maximum absolute atomic E-state index is 11.4. The molecule has 0 saturated heterocycles. The van der Waals surface area contributed by atoms with E-state index in [9.17, 15) is 9.90 Å². The van der Waals surface area contributed by atoms with Crippen molar-refractivity contribution in [2.45, 2.75) is 6.54 Å². The first-order valence-electron chi connectivity index (χ1n) is 6.20.